The van der Waals surface area contributed by atoms with Gasteiger partial charge in [0, 0.05) is 15.7 Å². The van der Waals surface area contributed by atoms with Gasteiger partial charge in [0.1, 0.15) is 0 Å². The summed E-state index contributed by atoms with van der Waals surface area (Å²) >= 11 is 3.41. The highest BCUT2D eigenvalue weighted by atomic mass is 79.9. The molecule has 2 rings (SSSR count). The first kappa shape index (κ1) is 14.6. The summed E-state index contributed by atoms with van der Waals surface area (Å²) in [4.78, 5) is 12.3. The van der Waals surface area contributed by atoms with Crippen LogP contribution in [-0.4, -0.2) is 5.91 Å². The minimum absolute atomic E-state index is 0.0923. The number of hydrogen-bond acceptors (Lipinski definition) is 2. The van der Waals surface area contributed by atoms with Gasteiger partial charge in [-0.25, -0.2) is 0 Å². The van der Waals surface area contributed by atoms with Gasteiger partial charge in [0.2, 0.25) is 0 Å². The Balaban J connectivity index is 2.15. The third kappa shape index (κ3) is 3.61. The third-order valence-electron chi connectivity index (χ3n) is 3.06. The minimum atomic E-state index is -0.0932. The van der Waals surface area contributed by atoms with Crippen LogP contribution in [0.4, 0.5) is 5.69 Å². The number of nitrogens with two attached hydrogens (primary N) is 1. The summed E-state index contributed by atoms with van der Waals surface area (Å²) < 4.78 is 0.902. The van der Waals surface area contributed by atoms with Crippen molar-refractivity contribution in [3.8, 4) is 0 Å². The van der Waals surface area contributed by atoms with Crippen molar-refractivity contribution in [2.75, 3.05) is 5.73 Å². The number of hydrogen-bond donors (Lipinski definition) is 2. The van der Waals surface area contributed by atoms with Crippen LogP contribution in [0.25, 0.3) is 0 Å². The molecule has 104 valence electrons. The van der Waals surface area contributed by atoms with Gasteiger partial charge in [-0.05, 0) is 55.3 Å². The van der Waals surface area contributed by atoms with Crippen molar-refractivity contribution in [1.29, 1.82) is 0 Å². The fraction of sp³-hybridized carbons (Fsp3) is 0.188. The average molecular weight is 333 g/mol. The van der Waals surface area contributed by atoms with Crippen molar-refractivity contribution < 1.29 is 4.79 Å². The van der Waals surface area contributed by atoms with Gasteiger partial charge >= 0.3 is 0 Å². The zero-order valence-electron chi connectivity index (χ0n) is 11.5. The van der Waals surface area contributed by atoms with E-state index in [4.69, 9.17) is 5.73 Å². The van der Waals surface area contributed by atoms with E-state index in [0.29, 0.717) is 11.3 Å². The Bertz CT molecular complexity index is 620. The Morgan fingerprint density at radius 2 is 2.00 bits per heavy atom. The molecule has 0 radical (unpaired) electrons. The lowest BCUT2D eigenvalue weighted by Gasteiger charge is -2.15. The van der Waals surface area contributed by atoms with E-state index in [2.05, 4.69) is 21.2 Å². The molecule has 0 aliphatic carbocycles. The molecule has 3 N–H and O–H groups in total. The molecular weight excluding hydrogens is 316 g/mol. The van der Waals surface area contributed by atoms with Crippen molar-refractivity contribution in [1.82, 2.24) is 5.32 Å². The number of nitrogen functional groups attached to an aromatic ring is 1. The number of rotatable bonds is 3. The Morgan fingerprint density at radius 1 is 1.25 bits per heavy atom. The molecule has 1 unspecified atom stereocenters. The molecule has 0 bridgehead atoms. The topological polar surface area (TPSA) is 55.1 Å². The summed E-state index contributed by atoms with van der Waals surface area (Å²) in [5.74, 6) is -0.0932. The highest BCUT2D eigenvalue weighted by Crippen LogP contribution is 2.18. The maximum absolute atomic E-state index is 12.3. The molecule has 0 saturated carbocycles. The fourth-order valence-corrected chi connectivity index (χ4v) is 2.67. The largest absolute Gasteiger partial charge is 0.399 e. The van der Waals surface area contributed by atoms with Gasteiger partial charge < -0.3 is 11.1 Å². The molecule has 1 amide bonds. The van der Waals surface area contributed by atoms with Crippen LogP contribution >= 0.6 is 15.9 Å². The zero-order valence-corrected chi connectivity index (χ0v) is 13.1. The normalized spacial score (nSPS) is 11.9. The molecule has 0 aliphatic heterocycles. The second-order valence-corrected chi connectivity index (χ2v) is 5.80. The summed E-state index contributed by atoms with van der Waals surface area (Å²) in [6.45, 7) is 3.90. The summed E-state index contributed by atoms with van der Waals surface area (Å²) in [5, 5.41) is 2.98. The first-order valence-corrected chi connectivity index (χ1v) is 7.18. The van der Waals surface area contributed by atoms with Crippen LogP contribution in [0.1, 0.15) is 34.5 Å². The molecule has 0 heterocycles. The Hall–Kier alpha value is -1.81. The van der Waals surface area contributed by atoms with Crippen molar-refractivity contribution in [3.63, 3.8) is 0 Å². The van der Waals surface area contributed by atoms with Crippen LogP contribution in [-0.2, 0) is 0 Å². The van der Waals surface area contributed by atoms with Gasteiger partial charge in [-0.1, -0.05) is 28.1 Å². The smallest absolute Gasteiger partial charge is 0.251 e. The van der Waals surface area contributed by atoms with E-state index >= 15 is 0 Å². The number of aryl methyl sites for hydroxylation is 1. The standard InChI is InChI=1S/C16H17BrN2O/c1-10-6-13(8-14(17)7-10)16(20)19-11(2)12-4-3-5-15(18)9-12/h3-9,11H,18H2,1-2H3,(H,19,20). The highest BCUT2D eigenvalue weighted by Gasteiger charge is 2.12. The van der Waals surface area contributed by atoms with Crippen LogP contribution in [0.2, 0.25) is 0 Å². The Labute approximate surface area is 127 Å². The molecule has 0 spiro atoms. The van der Waals surface area contributed by atoms with E-state index < -0.39 is 0 Å². The molecule has 3 nitrogen and oxygen atoms in total. The SMILES string of the molecule is Cc1cc(Br)cc(C(=O)NC(C)c2cccc(N)c2)c1. The first-order valence-electron chi connectivity index (χ1n) is 6.39. The van der Waals surface area contributed by atoms with Gasteiger partial charge in [0.15, 0.2) is 0 Å². The zero-order chi connectivity index (χ0) is 14.7. The molecule has 20 heavy (non-hydrogen) atoms. The second-order valence-electron chi connectivity index (χ2n) is 4.88. The maximum Gasteiger partial charge on any atom is 0.251 e. The summed E-state index contributed by atoms with van der Waals surface area (Å²) in [7, 11) is 0. The van der Waals surface area contributed by atoms with Gasteiger partial charge in [-0.2, -0.15) is 0 Å². The van der Waals surface area contributed by atoms with Crippen LogP contribution in [0.3, 0.4) is 0 Å². The average Bonchev–Trinajstić information content (AvgIpc) is 2.37. The van der Waals surface area contributed by atoms with Gasteiger partial charge in [-0.15, -0.1) is 0 Å². The van der Waals surface area contributed by atoms with E-state index in [0.717, 1.165) is 15.6 Å². The molecule has 0 aliphatic rings. The lowest BCUT2D eigenvalue weighted by molar-refractivity contribution is 0.0939. The van der Waals surface area contributed by atoms with E-state index in [1.54, 1.807) is 0 Å². The van der Waals surface area contributed by atoms with Gasteiger partial charge in [0.05, 0.1) is 6.04 Å². The number of nitrogens with one attached hydrogen (secondary N) is 1. The minimum Gasteiger partial charge on any atom is -0.399 e. The Kier molecular flexibility index (Phi) is 4.45. The Morgan fingerprint density at radius 3 is 2.65 bits per heavy atom. The lowest BCUT2D eigenvalue weighted by Crippen LogP contribution is -2.26. The van der Waals surface area contributed by atoms with Crippen molar-refractivity contribution in [2.45, 2.75) is 19.9 Å². The molecule has 2 aromatic rings. The fourth-order valence-electron chi connectivity index (χ4n) is 2.06. The monoisotopic (exact) mass is 332 g/mol. The van der Waals surface area contributed by atoms with Crippen LogP contribution in [0.5, 0.6) is 0 Å². The molecule has 0 saturated heterocycles. The van der Waals surface area contributed by atoms with E-state index in [9.17, 15) is 4.79 Å². The van der Waals surface area contributed by atoms with Crippen LogP contribution in [0, 0.1) is 6.92 Å². The highest BCUT2D eigenvalue weighted by molar-refractivity contribution is 9.10. The quantitative estimate of drug-likeness (QED) is 0.839. The number of benzene rings is 2. The number of carbonyl (C=O) groups excluding carboxylic acids is 1. The van der Waals surface area contributed by atoms with Crippen molar-refractivity contribution >= 4 is 27.5 Å². The van der Waals surface area contributed by atoms with Crippen LogP contribution in [0.15, 0.2) is 46.9 Å². The third-order valence-corrected chi connectivity index (χ3v) is 3.52. The van der Waals surface area contributed by atoms with Gasteiger partial charge in [-0.3, -0.25) is 4.79 Å². The number of amides is 1. The van der Waals surface area contributed by atoms with Gasteiger partial charge in [0.25, 0.3) is 5.91 Å². The molecule has 0 aromatic heterocycles. The summed E-state index contributed by atoms with van der Waals surface area (Å²) in [6, 6.07) is 13.1. The van der Waals surface area contributed by atoms with Crippen molar-refractivity contribution in [3.05, 3.63) is 63.6 Å². The van der Waals surface area contributed by atoms with Crippen molar-refractivity contribution in [2.24, 2.45) is 0 Å². The predicted octanol–water partition coefficient (Wildman–Crippen LogP) is 3.83. The molecular formula is C16H17BrN2O. The number of carbonyl (C=O) groups is 1. The van der Waals surface area contributed by atoms with E-state index in [-0.39, 0.29) is 11.9 Å². The first-order chi connectivity index (χ1) is 9.45. The summed E-state index contributed by atoms with van der Waals surface area (Å²) in [5.41, 5.74) is 9.13. The molecule has 2 aromatic carbocycles. The van der Waals surface area contributed by atoms with Crippen LogP contribution < -0.4 is 11.1 Å². The maximum atomic E-state index is 12.3. The number of halogens is 1. The van der Waals surface area contributed by atoms with E-state index in [1.165, 1.54) is 0 Å². The molecule has 4 heteroatoms. The lowest BCUT2D eigenvalue weighted by atomic mass is 10.1. The van der Waals surface area contributed by atoms with E-state index in [1.807, 2.05) is 56.3 Å². The predicted molar refractivity (Wildman–Crippen MR) is 85.6 cm³/mol. The molecule has 0 fully saturated rings. The molecule has 1 atom stereocenters. The summed E-state index contributed by atoms with van der Waals surface area (Å²) in [6.07, 6.45) is 0. The number of anilines is 1. The second kappa shape index (κ2) is 6.09.